The van der Waals surface area contributed by atoms with Crippen molar-refractivity contribution < 1.29 is 0 Å². The SMILES string of the molecule is CNC1=CCC(Cl)C=C1C. The molecular weight excluding hydrogens is 146 g/mol. The van der Waals surface area contributed by atoms with Crippen LogP contribution in [0.15, 0.2) is 23.4 Å². The second-order valence-electron chi connectivity index (χ2n) is 2.47. The van der Waals surface area contributed by atoms with Crippen LogP contribution in [0.25, 0.3) is 0 Å². The van der Waals surface area contributed by atoms with E-state index in [1.165, 1.54) is 11.3 Å². The highest BCUT2D eigenvalue weighted by Crippen LogP contribution is 2.19. The maximum absolute atomic E-state index is 5.89. The number of allylic oxidation sites excluding steroid dienone is 3. The van der Waals surface area contributed by atoms with Gasteiger partial charge in [0.2, 0.25) is 0 Å². The topological polar surface area (TPSA) is 12.0 Å². The Hall–Kier alpha value is -0.430. The van der Waals surface area contributed by atoms with Gasteiger partial charge in [0.1, 0.15) is 0 Å². The third-order valence-corrected chi connectivity index (χ3v) is 1.98. The van der Waals surface area contributed by atoms with Gasteiger partial charge in [0.05, 0.1) is 5.38 Å². The molecule has 0 amide bonds. The third kappa shape index (κ3) is 1.54. The minimum atomic E-state index is 0.192. The van der Waals surface area contributed by atoms with E-state index in [1.54, 1.807) is 0 Å². The fraction of sp³-hybridized carbons (Fsp3) is 0.500. The molecule has 0 saturated carbocycles. The van der Waals surface area contributed by atoms with Crippen LogP contribution >= 0.6 is 11.6 Å². The molecule has 2 heteroatoms. The predicted octanol–water partition coefficient (Wildman–Crippen LogP) is 2.05. The largest absolute Gasteiger partial charge is 0.388 e. The summed E-state index contributed by atoms with van der Waals surface area (Å²) in [5, 5.41) is 3.30. The average molecular weight is 158 g/mol. The van der Waals surface area contributed by atoms with Gasteiger partial charge in [0, 0.05) is 12.7 Å². The van der Waals surface area contributed by atoms with Crippen molar-refractivity contribution in [2.45, 2.75) is 18.7 Å². The van der Waals surface area contributed by atoms with Crippen molar-refractivity contribution in [3.8, 4) is 0 Å². The average Bonchev–Trinajstić information content (AvgIpc) is 1.88. The Bertz CT molecular complexity index is 182. The standard InChI is InChI=1S/C8H12ClN/c1-6-5-7(9)3-4-8(6)10-2/h4-5,7,10H,3H2,1-2H3. The molecule has 10 heavy (non-hydrogen) atoms. The van der Waals surface area contributed by atoms with Gasteiger partial charge in [0.25, 0.3) is 0 Å². The Morgan fingerprint density at radius 3 is 2.90 bits per heavy atom. The number of hydrogen-bond donors (Lipinski definition) is 1. The normalized spacial score (nSPS) is 25.3. The maximum Gasteiger partial charge on any atom is 0.0557 e. The lowest BCUT2D eigenvalue weighted by molar-refractivity contribution is 0.913. The fourth-order valence-electron chi connectivity index (χ4n) is 1.12. The van der Waals surface area contributed by atoms with E-state index in [4.69, 9.17) is 11.6 Å². The van der Waals surface area contributed by atoms with Crippen LogP contribution in [-0.4, -0.2) is 12.4 Å². The van der Waals surface area contributed by atoms with Crippen molar-refractivity contribution in [2.24, 2.45) is 0 Å². The van der Waals surface area contributed by atoms with E-state index in [0.29, 0.717) is 0 Å². The smallest absolute Gasteiger partial charge is 0.0557 e. The van der Waals surface area contributed by atoms with E-state index in [-0.39, 0.29) is 5.38 Å². The van der Waals surface area contributed by atoms with Crippen LogP contribution in [0.2, 0.25) is 0 Å². The van der Waals surface area contributed by atoms with Crippen molar-refractivity contribution in [3.63, 3.8) is 0 Å². The van der Waals surface area contributed by atoms with Crippen molar-refractivity contribution in [1.29, 1.82) is 0 Å². The van der Waals surface area contributed by atoms with E-state index in [1.807, 2.05) is 7.05 Å². The zero-order valence-electron chi connectivity index (χ0n) is 6.32. The molecule has 1 aliphatic carbocycles. The molecule has 1 aliphatic rings. The van der Waals surface area contributed by atoms with Crippen LogP contribution in [0.4, 0.5) is 0 Å². The summed E-state index contributed by atoms with van der Waals surface area (Å²) in [4.78, 5) is 0. The summed E-state index contributed by atoms with van der Waals surface area (Å²) in [5.41, 5.74) is 2.45. The molecule has 0 heterocycles. The summed E-state index contributed by atoms with van der Waals surface area (Å²) < 4.78 is 0. The van der Waals surface area contributed by atoms with Crippen molar-refractivity contribution in [3.05, 3.63) is 23.4 Å². The molecule has 56 valence electrons. The van der Waals surface area contributed by atoms with Gasteiger partial charge in [-0.1, -0.05) is 12.2 Å². The first-order chi connectivity index (χ1) is 4.74. The minimum Gasteiger partial charge on any atom is -0.388 e. The third-order valence-electron chi connectivity index (χ3n) is 1.67. The highest BCUT2D eigenvalue weighted by molar-refractivity contribution is 6.22. The van der Waals surface area contributed by atoms with Crippen LogP contribution in [0, 0.1) is 0 Å². The Balaban J connectivity index is 2.71. The van der Waals surface area contributed by atoms with Gasteiger partial charge in [-0.25, -0.2) is 0 Å². The highest BCUT2D eigenvalue weighted by Gasteiger charge is 2.08. The number of alkyl halides is 1. The molecule has 0 fully saturated rings. The summed E-state index contributed by atoms with van der Waals surface area (Å²) in [5.74, 6) is 0. The lowest BCUT2D eigenvalue weighted by Crippen LogP contribution is -2.12. The number of halogens is 1. The lowest BCUT2D eigenvalue weighted by Gasteiger charge is -2.14. The first-order valence-corrected chi connectivity index (χ1v) is 3.88. The van der Waals surface area contributed by atoms with Crippen molar-refractivity contribution in [2.75, 3.05) is 7.05 Å². The molecule has 1 nitrogen and oxygen atoms in total. The zero-order valence-corrected chi connectivity index (χ0v) is 7.07. The van der Waals surface area contributed by atoms with Crippen LogP contribution in [0.1, 0.15) is 13.3 Å². The zero-order chi connectivity index (χ0) is 7.56. The summed E-state index contributed by atoms with van der Waals surface area (Å²) in [6, 6.07) is 0. The number of nitrogens with one attached hydrogen (secondary N) is 1. The Morgan fingerprint density at radius 1 is 1.70 bits per heavy atom. The molecule has 1 rings (SSSR count). The predicted molar refractivity (Wildman–Crippen MR) is 45.2 cm³/mol. The maximum atomic E-state index is 5.89. The van der Waals surface area contributed by atoms with Crippen LogP contribution in [0.5, 0.6) is 0 Å². The van der Waals surface area contributed by atoms with E-state index < -0.39 is 0 Å². The molecule has 0 aromatic carbocycles. The lowest BCUT2D eigenvalue weighted by atomic mass is 10.1. The van der Waals surface area contributed by atoms with Gasteiger partial charge in [-0.15, -0.1) is 11.6 Å². The molecule has 1 atom stereocenters. The molecular formula is C8H12ClN. The number of rotatable bonds is 1. The first-order valence-electron chi connectivity index (χ1n) is 3.45. The molecule has 0 aliphatic heterocycles. The Kier molecular flexibility index (Phi) is 2.39. The van der Waals surface area contributed by atoms with E-state index in [2.05, 4.69) is 24.4 Å². The van der Waals surface area contributed by atoms with E-state index in [9.17, 15) is 0 Å². The van der Waals surface area contributed by atoms with Crippen LogP contribution in [0.3, 0.4) is 0 Å². The first kappa shape index (κ1) is 7.67. The van der Waals surface area contributed by atoms with Gasteiger partial charge >= 0.3 is 0 Å². The molecule has 0 aromatic heterocycles. The second-order valence-corrected chi connectivity index (χ2v) is 3.03. The van der Waals surface area contributed by atoms with Gasteiger partial charge in [-0.3, -0.25) is 0 Å². The summed E-state index contributed by atoms with van der Waals surface area (Å²) in [6.45, 7) is 2.07. The van der Waals surface area contributed by atoms with Crippen LogP contribution < -0.4 is 5.32 Å². The van der Waals surface area contributed by atoms with Gasteiger partial charge < -0.3 is 5.32 Å². The van der Waals surface area contributed by atoms with Crippen LogP contribution in [-0.2, 0) is 0 Å². The summed E-state index contributed by atoms with van der Waals surface area (Å²) >= 11 is 5.89. The van der Waals surface area contributed by atoms with E-state index in [0.717, 1.165) is 6.42 Å². The van der Waals surface area contributed by atoms with Crippen molar-refractivity contribution >= 4 is 11.6 Å². The van der Waals surface area contributed by atoms with E-state index >= 15 is 0 Å². The van der Waals surface area contributed by atoms with Gasteiger partial charge in [-0.05, 0) is 18.9 Å². The molecule has 0 radical (unpaired) electrons. The number of likely N-dealkylation sites (N-methyl/N-ethyl adjacent to an activating group) is 1. The molecule has 1 N–H and O–H groups in total. The molecule has 0 saturated heterocycles. The summed E-state index contributed by atoms with van der Waals surface area (Å²) in [6.07, 6.45) is 5.15. The quantitative estimate of drug-likeness (QED) is 0.575. The van der Waals surface area contributed by atoms with Crippen molar-refractivity contribution in [1.82, 2.24) is 5.32 Å². The highest BCUT2D eigenvalue weighted by atomic mass is 35.5. The molecule has 0 bridgehead atoms. The second kappa shape index (κ2) is 3.11. The summed E-state index contributed by atoms with van der Waals surface area (Å²) in [7, 11) is 1.93. The Labute approximate surface area is 66.8 Å². The molecule has 1 unspecified atom stereocenters. The monoisotopic (exact) mass is 157 g/mol. The van der Waals surface area contributed by atoms with Gasteiger partial charge in [-0.2, -0.15) is 0 Å². The number of hydrogen-bond acceptors (Lipinski definition) is 1. The molecule has 0 aromatic rings. The van der Waals surface area contributed by atoms with Gasteiger partial charge in [0.15, 0.2) is 0 Å². The molecule has 0 spiro atoms. The fourth-order valence-corrected chi connectivity index (χ4v) is 1.40. The Morgan fingerprint density at radius 2 is 2.40 bits per heavy atom. The minimum absolute atomic E-state index is 0.192.